The van der Waals surface area contributed by atoms with E-state index >= 15 is 0 Å². The van der Waals surface area contributed by atoms with Gasteiger partial charge in [-0.2, -0.15) is 5.10 Å². The summed E-state index contributed by atoms with van der Waals surface area (Å²) < 4.78 is 13.4. The van der Waals surface area contributed by atoms with Crippen LogP contribution in [-0.4, -0.2) is 27.6 Å². The van der Waals surface area contributed by atoms with Gasteiger partial charge in [-0.3, -0.25) is 9.89 Å². The molecular weight excluding hydrogens is 237 g/mol. The molecule has 0 aliphatic rings. The lowest BCUT2D eigenvalue weighted by atomic mass is 10.1. The van der Waals surface area contributed by atoms with Gasteiger partial charge in [-0.15, -0.1) is 0 Å². The van der Waals surface area contributed by atoms with Crippen molar-refractivity contribution in [1.82, 2.24) is 20.5 Å². The third-order valence-corrected chi connectivity index (χ3v) is 2.35. The fraction of sp³-hybridized carbons (Fsp3) is 0.182. The third kappa shape index (κ3) is 2.82. The van der Waals surface area contributed by atoms with Crippen molar-refractivity contribution in [3.63, 3.8) is 0 Å². The Kier molecular flexibility index (Phi) is 3.52. The van der Waals surface area contributed by atoms with E-state index < -0.39 is 11.7 Å². The number of anilines is 1. The number of hydrogen-bond donors (Lipinski definition) is 3. The SMILES string of the molecule is Nc1ccc(F)c(C(=O)NCCc2ncn[nH]2)c1. The molecule has 1 amide bonds. The quantitative estimate of drug-likeness (QED) is 0.687. The Morgan fingerprint density at radius 3 is 3.06 bits per heavy atom. The molecule has 0 spiro atoms. The Labute approximate surface area is 102 Å². The van der Waals surface area contributed by atoms with E-state index in [4.69, 9.17) is 5.73 Å². The molecule has 18 heavy (non-hydrogen) atoms. The normalized spacial score (nSPS) is 10.3. The summed E-state index contributed by atoms with van der Waals surface area (Å²) in [6.45, 7) is 0.336. The van der Waals surface area contributed by atoms with Crippen molar-refractivity contribution >= 4 is 11.6 Å². The molecule has 0 aliphatic carbocycles. The van der Waals surface area contributed by atoms with Crippen LogP contribution in [0.25, 0.3) is 0 Å². The lowest BCUT2D eigenvalue weighted by Crippen LogP contribution is -2.26. The van der Waals surface area contributed by atoms with E-state index in [1.165, 1.54) is 24.5 Å². The molecule has 4 N–H and O–H groups in total. The highest BCUT2D eigenvalue weighted by atomic mass is 19.1. The van der Waals surface area contributed by atoms with Gasteiger partial charge in [0.1, 0.15) is 18.0 Å². The van der Waals surface area contributed by atoms with Crippen LogP contribution in [-0.2, 0) is 6.42 Å². The second-order valence-electron chi connectivity index (χ2n) is 3.68. The van der Waals surface area contributed by atoms with Crippen LogP contribution >= 0.6 is 0 Å². The predicted octanol–water partition coefficient (Wildman–Crippen LogP) is 0.498. The molecule has 6 nitrogen and oxygen atoms in total. The minimum Gasteiger partial charge on any atom is -0.399 e. The second kappa shape index (κ2) is 5.26. The van der Waals surface area contributed by atoms with Crippen LogP contribution in [0.5, 0.6) is 0 Å². The van der Waals surface area contributed by atoms with E-state index in [-0.39, 0.29) is 5.56 Å². The van der Waals surface area contributed by atoms with Crippen molar-refractivity contribution in [2.24, 2.45) is 0 Å². The lowest BCUT2D eigenvalue weighted by molar-refractivity contribution is 0.0950. The lowest BCUT2D eigenvalue weighted by Gasteiger charge is -2.05. The van der Waals surface area contributed by atoms with Gasteiger partial charge in [-0.1, -0.05) is 0 Å². The maximum absolute atomic E-state index is 13.4. The van der Waals surface area contributed by atoms with Gasteiger partial charge in [-0.25, -0.2) is 9.37 Å². The summed E-state index contributed by atoms with van der Waals surface area (Å²) in [5.41, 5.74) is 5.78. The first-order chi connectivity index (χ1) is 8.66. The summed E-state index contributed by atoms with van der Waals surface area (Å²) in [5, 5.41) is 8.93. The summed E-state index contributed by atoms with van der Waals surface area (Å²) in [5.74, 6) is -0.441. The Morgan fingerprint density at radius 2 is 2.33 bits per heavy atom. The molecule has 0 aliphatic heterocycles. The highest BCUT2D eigenvalue weighted by Crippen LogP contribution is 2.11. The van der Waals surface area contributed by atoms with Gasteiger partial charge in [0.2, 0.25) is 0 Å². The topological polar surface area (TPSA) is 96.7 Å². The summed E-state index contributed by atoms with van der Waals surface area (Å²) >= 11 is 0. The summed E-state index contributed by atoms with van der Waals surface area (Å²) in [6, 6.07) is 3.88. The molecule has 7 heteroatoms. The number of H-pyrrole nitrogens is 1. The first-order valence-corrected chi connectivity index (χ1v) is 5.34. The van der Waals surface area contributed by atoms with Crippen molar-refractivity contribution in [2.75, 3.05) is 12.3 Å². The molecule has 94 valence electrons. The summed E-state index contributed by atoms with van der Waals surface area (Å²) in [6.07, 6.45) is 1.88. The van der Waals surface area contributed by atoms with Crippen LogP contribution in [0.3, 0.4) is 0 Å². The standard InChI is InChI=1S/C11H12FN5O/c12-9-2-1-7(13)5-8(9)11(18)14-4-3-10-15-6-16-17-10/h1-2,5-6H,3-4,13H2,(H,14,18)(H,15,16,17). The number of nitrogens with zero attached hydrogens (tertiary/aromatic N) is 2. The minimum absolute atomic E-state index is 0.0624. The molecule has 0 saturated heterocycles. The zero-order chi connectivity index (χ0) is 13.0. The summed E-state index contributed by atoms with van der Waals surface area (Å²) in [4.78, 5) is 15.6. The van der Waals surface area contributed by atoms with E-state index in [0.717, 1.165) is 0 Å². The van der Waals surface area contributed by atoms with Gasteiger partial charge >= 0.3 is 0 Å². The molecule has 1 aromatic carbocycles. The number of carbonyl (C=O) groups is 1. The van der Waals surface area contributed by atoms with E-state index in [2.05, 4.69) is 20.5 Å². The Balaban J connectivity index is 1.93. The zero-order valence-electron chi connectivity index (χ0n) is 9.48. The van der Waals surface area contributed by atoms with Crippen LogP contribution in [0.4, 0.5) is 10.1 Å². The first kappa shape index (κ1) is 12.0. The molecule has 1 aromatic heterocycles. The molecule has 0 bridgehead atoms. The molecule has 2 aromatic rings. The monoisotopic (exact) mass is 249 g/mol. The Bertz CT molecular complexity index is 540. The molecule has 0 saturated carbocycles. The number of nitrogens with one attached hydrogen (secondary N) is 2. The maximum Gasteiger partial charge on any atom is 0.254 e. The van der Waals surface area contributed by atoms with Crippen LogP contribution in [0, 0.1) is 5.82 Å². The fourth-order valence-corrected chi connectivity index (χ4v) is 1.46. The van der Waals surface area contributed by atoms with Gasteiger partial charge in [0.15, 0.2) is 0 Å². The van der Waals surface area contributed by atoms with Crippen molar-refractivity contribution in [2.45, 2.75) is 6.42 Å². The summed E-state index contributed by atoms with van der Waals surface area (Å²) in [7, 11) is 0. The van der Waals surface area contributed by atoms with E-state index in [9.17, 15) is 9.18 Å². The van der Waals surface area contributed by atoms with Crippen molar-refractivity contribution < 1.29 is 9.18 Å². The average molecular weight is 249 g/mol. The number of carbonyl (C=O) groups excluding carboxylic acids is 1. The molecule has 2 rings (SSSR count). The molecule has 0 fully saturated rings. The van der Waals surface area contributed by atoms with Gasteiger partial charge < -0.3 is 11.1 Å². The van der Waals surface area contributed by atoms with Crippen molar-refractivity contribution in [1.29, 1.82) is 0 Å². The number of halogens is 1. The molecule has 1 heterocycles. The van der Waals surface area contributed by atoms with E-state index in [0.29, 0.717) is 24.5 Å². The zero-order valence-corrected chi connectivity index (χ0v) is 9.48. The number of hydrogen-bond acceptors (Lipinski definition) is 4. The highest BCUT2D eigenvalue weighted by Gasteiger charge is 2.11. The van der Waals surface area contributed by atoms with Crippen LogP contribution in [0.15, 0.2) is 24.5 Å². The van der Waals surface area contributed by atoms with Gasteiger partial charge in [0, 0.05) is 18.7 Å². The largest absolute Gasteiger partial charge is 0.399 e. The van der Waals surface area contributed by atoms with Crippen molar-refractivity contribution in [3.8, 4) is 0 Å². The van der Waals surface area contributed by atoms with E-state index in [1.807, 2.05) is 0 Å². The molecule has 0 radical (unpaired) electrons. The smallest absolute Gasteiger partial charge is 0.254 e. The molecular formula is C11H12FN5O. The average Bonchev–Trinajstić information content (AvgIpc) is 2.85. The predicted molar refractivity (Wildman–Crippen MR) is 63.2 cm³/mol. The third-order valence-electron chi connectivity index (χ3n) is 2.35. The number of aromatic nitrogens is 3. The van der Waals surface area contributed by atoms with Crippen LogP contribution < -0.4 is 11.1 Å². The molecule has 0 unspecified atom stereocenters. The Morgan fingerprint density at radius 1 is 1.50 bits per heavy atom. The maximum atomic E-state index is 13.4. The van der Waals surface area contributed by atoms with Gasteiger partial charge in [0.25, 0.3) is 5.91 Å². The van der Waals surface area contributed by atoms with Crippen molar-refractivity contribution in [3.05, 3.63) is 41.7 Å². The number of rotatable bonds is 4. The fourth-order valence-electron chi connectivity index (χ4n) is 1.46. The van der Waals surface area contributed by atoms with Crippen LogP contribution in [0.1, 0.15) is 16.2 Å². The molecule has 0 atom stereocenters. The van der Waals surface area contributed by atoms with Crippen LogP contribution in [0.2, 0.25) is 0 Å². The number of amides is 1. The number of nitrogen functional groups attached to an aromatic ring is 1. The number of benzene rings is 1. The second-order valence-corrected chi connectivity index (χ2v) is 3.68. The van der Waals surface area contributed by atoms with Gasteiger partial charge in [0.05, 0.1) is 5.56 Å². The number of aromatic amines is 1. The number of nitrogens with two attached hydrogens (primary N) is 1. The van der Waals surface area contributed by atoms with E-state index in [1.54, 1.807) is 0 Å². The van der Waals surface area contributed by atoms with Gasteiger partial charge in [-0.05, 0) is 18.2 Å². The first-order valence-electron chi connectivity index (χ1n) is 5.34. The Hall–Kier alpha value is -2.44. The minimum atomic E-state index is -0.596. The highest BCUT2D eigenvalue weighted by molar-refractivity contribution is 5.95.